The predicted octanol–water partition coefficient (Wildman–Crippen LogP) is 10.2. The number of nitrogens with two attached hydrogens (primary N) is 1. The second kappa shape index (κ2) is 35.5. The second-order valence-electron chi connectivity index (χ2n) is 11.7. The fourth-order valence-electron chi connectivity index (χ4n) is 4.56. The third kappa shape index (κ3) is 35.3. The topological polar surface area (TPSA) is 117 Å². The minimum absolute atomic E-state index is 0.0896. The van der Waals surface area contributed by atoms with Crippen LogP contribution in [0.25, 0.3) is 0 Å². The summed E-state index contributed by atoms with van der Waals surface area (Å²) >= 11 is 0. The molecule has 0 fully saturated rings. The zero-order valence-electron chi connectivity index (χ0n) is 29.7. The number of phosphoric acid groups is 1. The van der Waals surface area contributed by atoms with Crippen LogP contribution in [-0.2, 0) is 27.9 Å². The number of esters is 1. The van der Waals surface area contributed by atoms with Crippen LogP contribution in [0.15, 0.2) is 60.8 Å². The third-order valence-corrected chi connectivity index (χ3v) is 8.18. The average molecular weight is 682 g/mol. The van der Waals surface area contributed by atoms with E-state index in [1.165, 1.54) is 57.8 Å². The summed E-state index contributed by atoms with van der Waals surface area (Å²) in [4.78, 5) is 22.3. The van der Waals surface area contributed by atoms with Crippen molar-refractivity contribution >= 4 is 13.8 Å². The van der Waals surface area contributed by atoms with E-state index in [-0.39, 0.29) is 38.8 Å². The van der Waals surface area contributed by atoms with Gasteiger partial charge in [-0.05, 0) is 51.4 Å². The fourth-order valence-corrected chi connectivity index (χ4v) is 5.32. The molecule has 0 saturated carbocycles. The molecule has 0 aliphatic carbocycles. The summed E-state index contributed by atoms with van der Waals surface area (Å²) in [7, 11) is -4.28. The van der Waals surface area contributed by atoms with Crippen molar-refractivity contribution in [3.63, 3.8) is 0 Å². The van der Waals surface area contributed by atoms with Crippen LogP contribution in [0.5, 0.6) is 0 Å². The minimum Gasteiger partial charge on any atom is -0.457 e. The number of phosphoric ester groups is 1. The van der Waals surface area contributed by atoms with Gasteiger partial charge >= 0.3 is 13.8 Å². The van der Waals surface area contributed by atoms with Crippen LogP contribution in [0.1, 0.15) is 136 Å². The number of unbranched alkanes of at least 4 members (excludes halogenated alkanes) is 11. The summed E-state index contributed by atoms with van der Waals surface area (Å²) in [6, 6.07) is 0. The highest BCUT2D eigenvalue weighted by atomic mass is 31.2. The number of hydrogen-bond donors (Lipinski definition) is 2. The smallest absolute Gasteiger partial charge is 0.457 e. The summed E-state index contributed by atoms with van der Waals surface area (Å²) in [5, 5.41) is 0. The average Bonchev–Trinajstić information content (AvgIpc) is 3.06. The van der Waals surface area contributed by atoms with E-state index in [2.05, 4.69) is 74.6 Å². The fraction of sp³-hybridized carbons (Fsp3) is 0.711. The number of ether oxygens (including phenoxy) is 2. The Morgan fingerprint density at radius 1 is 0.660 bits per heavy atom. The molecule has 0 aliphatic rings. The van der Waals surface area contributed by atoms with Gasteiger partial charge in [-0.15, -0.1) is 0 Å². The summed E-state index contributed by atoms with van der Waals surface area (Å²) in [5.74, 6) is -0.389. The first-order valence-electron chi connectivity index (χ1n) is 18.3. The van der Waals surface area contributed by atoms with Crippen molar-refractivity contribution in [2.45, 2.75) is 142 Å². The highest BCUT2D eigenvalue weighted by Gasteiger charge is 2.25. The molecule has 2 unspecified atom stereocenters. The maximum atomic E-state index is 12.5. The van der Waals surface area contributed by atoms with E-state index >= 15 is 0 Å². The van der Waals surface area contributed by atoms with Gasteiger partial charge in [0.25, 0.3) is 0 Å². The number of rotatable bonds is 34. The molecule has 9 heteroatoms. The van der Waals surface area contributed by atoms with Crippen LogP contribution in [0.3, 0.4) is 0 Å². The molecule has 0 rings (SSSR count). The number of hydrogen-bond acceptors (Lipinski definition) is 7. The van der Waals surface area contributed by atoms with Crippen LogP contribution in [-0.4, -0.2) is 49.9 Å². The van der Waals surface area contributed by atoms with Crippen LogP contribution in [0.2, 0.25) is 0 Å². The normalized spacial score (nSPS) is 14.4. The van der Waals surface area contributed by atoms with Crippen LogP contribution >= 0.6 is 7.82 Å². The van der Waals surface area contributed by atoms with Crippen LogP contribution in [0, 0.1) is 0 Å². The molecule has 0 heterocycles. The van der Waals surface area contributed by atoms with Gasteiger partial charge in [0.1, 0.15) is 6.10 Å². The largest absolute Gasteiger partial charge is 0.472 e. The molecule has 3 N–H and O–H groups in total. The Morgan fingerprint density at radius 2 is 1.17 bits per heavy atom. The van der Waals surface area contributed by atoms with Gasteiger partial charge in [-0.1, -0.05) is 139 Å². The van der Waals surface area contributed by atoms with E-state index < -0.39 is 13.9 Å². The molecule has 0 aromatic heterocycles. The van der Waals surface area contributed by atoms with Crippen LogP contribution in [0.4, 0.5) is 0 Å². The van der Waals surface area contributed by atoms with Crippen molar-refractivity contribution in [3.05, 3.63) is 60.8 Å². The van der Waals surface area contributed by atoms with Gasteiger partial charge in [-0.2, -0.15) is 0 Å². The van der Waals surface area contributed by atoms with Crippen molar-refractivity contribution in [1.82, 2.24) is 0 Å². The number of carbonyl (C=O) groups is 1. The minimum atomic E-state index is -4.28. The molecule has 0 bridgehead atoms. The molecular formula is C38H68NO7P. The molecule has 2 atom stereocenters. The highest BCUT2D eigenvalue weighted by Crippen LogP contribution is 2.43. The van der Waals surface area contributed by atoms with E-state index in [9.17, 15) is 14.3 Å². The molecule has 0 aromatic carbocycles. The van der Waals surface area contributed by atoms with Gasteiger partial charge in [0, 0.05) is 19.6 Å². The quantitative estimate of drug-likeness (QED) is 0.0298. The van der Waals surface area contributed by atoms with E-state index in [1.807, 2.05) is 0 Å². The van der Waals surface area contributed by atoms with E-state index in [0.29, 0.717) is 13.0 Å². The summed E-state index contributed by atoms with van der Waals surface area (Å²) in [5.41, 5.74) is 5.34. The Hall–Kier alpha value is -1.80. The van der Waals surface area contributed by atoms with E-state index in [0.717, 1.165) is 51.4 Å². The van der Waals surface area contributed by atoms with Crippen molar-refractivity contribution in [3.8, 4) is 0 Å². The second-order valence-corrected chi connectivity index (χ2v) is 13.2. The molecule has 0 amide bonds. The first kappa shape index (κ1) is 45.2. The molecule has 0 saturated heterocycles. The molecule has 272 valence electrons. The number of allylic oxidation sites excluding steroid dienone is 10. The lowest BCUT2D eigenvalue weighted by Crippen LogP contribution is -2.28. The lowest BCUT2D eigenvalue weighted by atomic mass is 10.1. The zero-order valence-corrected chi connectivity index (χ0v) is 30.6. The van der Waals surface area contributed by atoms with E-state index in [4.69, 9.17) is 24.3 Å². The standard InChI is InChI=1S/C38H68NO7P/c1-3-5-7-9-11-13-15-16-17-18-19-20-21-23-25-27-29-31-38(40)46-37(36-45-47(41,42)44-34-32-39)35-43-33-30-28-26-24-22-14-12-10-8-6-4-2/h5,7,11,13,16-17,19-20,23,25,37H,3-4,6,8-10,12,14-15,18,21-22,24,26-36,39H2,1-2H3,(H,41,42)/b7-5-,13-11-,17-16-,20-19-,25-23-. The Labute approximate surface area is 287 Å². The molecule has 8 nitrogen and oxygen atoms in total. The Bertz CT molecular complexity index is 900. The summed E-state index contributed by atoms with van der Waals surface area (Å²) in [6.07, 6.45) is 41.0. The zero-order chi connectivity index (χ0) is 34.5. The maximum Gasteiger partial charge on any atom is 0.472 e. The first-order chi connectivity index (χ1) is 22.9. The maximum absolute atomic E-state index is 12.5. The van der Waals surface area contributed by atoms with Gasteiger partial charge in [-0.25, -0.2) is 4.57 Å². The molecule has 0 aliphatic heterocycles. The summed E-state index contributed by atoms with van der Waals surface area (Å²) in [6.45, 7) is 4.70. The van der Waals surface area contributed by atoms with E-state index in [1.54, 1.807) is 0 Å². The highest BCUT2D eigenvalue weighted by molar-refractivity contribution is 7.47. The lowest BCUT2D eigenvalue weighted by molar-refractivity contribution is -0.154. The van der Waals surface area contributed by atoms with Crippen molar-refractivity contribution in [2.75, 3.05) is 33.0 Å². The molecule has 47 heavy (non-hydrogen) atoms. The lowest BCUT2D eigenvalue weighted by Gasteiger charge is -2.20. The molecule has 0 aromatic rings. The molecule has 0 radical (unpaired) electrons. The van der Waals surface area contributed by atoms with Crippen molar-refractivity contribution in [2.24, 2.45) is 5.73 Å². The third-order valence-electron chi connectivity index (χ3n) is 7.20. The van der Waals surface area contributed by atoms with Crippen molar-refractivity contribution < 1.29 is 32.8 Å². The van der Waals surface area contributed by atoms with Crippen molar-refractivity contribution in [1.29, 1.82) is 0 Å². The Morgan fingerprint density at radius 3 is 1.70 bits per heavy atom. The molecular weight excluding hydrogens is 613 g/mol. The SMILES string of the molecule is CC/C=C\C/C=C\C/C=C\C/C=C\C/C=C\CCCC(=O)OC(COCCCCCCCCCCCCC)COP(=O)(O)OCCN. The van der Waals surface area contributed by atoms with Gasteiger partial charge in [0.05, 0.1) is 19.8 Å². The number of carbonyl (C=O) groups excluding carboxylic acids is 1. The monoisotopic (exact) mass is 681 g/mol. The van der Waals surface area contributed by atoms with Gasteiger partial charge in [0.15, 0.2) is 0 Å². The molecule has 0 spiro atoms. The predicted molar refractivity (Wildman–Crippen MR) is 196 cm³/mol. The van der Waals surface area contributed by atoms with Gasteiger partial charge in [-0.3, -0.25) is 13.8 Å². The summed E-state index contributed by atoms with van der Waals surface area (Å²) < 4.78 is 33.2. The van der Waals surface area contributed by atoms with Gasteiger partial charge < -0.3 is 20.1 Å². The van der Waals surface area contributed by atoms with Crippen LogP contribution < -0.4 is 5.73 Å². The Kier molecular flexibility index (Phi) is 34.1. The first-order valence-corrected chi connectivity index (χ1v) is 19.8. The Balaban J connectivity index is 4.24. The van der Waals surface area contributed by atoms with Gasteiger partial charge in [0.2, 0.25) is 0 Å².